The van der Waals surface area contributed by atoms with Gasteiger partial charge in [0.05, 0.1) is 5.41 Å². The molecule has 4 nitrogen and oxygen atoms in total. The fourth-order valence-corrected chi connectivity index (χ4v) is 2.53. The van der Waals surface area contributed by atoms with Gasteiger partial charge in [0, 0.05) is 13.0 Å². The van der Waals surface area contributed by atoms with Gasteiger partial charge >= 0.3 is 5.97 Å². The third-order valence-corrected chi connectivity index (χ3v) is 4.48. The van der Waals surface area contributed by atoms with Gasteiger partial charge in [-0.1, -0.05) is 40.0 Å². The van der Waals surface area contributed by atoms with Crippen molar-refractivity contribution in [1.29, 1.82) is 0 Å². The molecule has 0 heterocycles. The number of carboxylic acid groups (broad SMARTS) is 1. The van der Waals surface area contributed by atoms with Crippen molar-refractivity contribution in [1.82, 2.24) is 5.32 Å². The molecule has 2 N–H and O–H groups in total. The predicted molar refractivity (Wildman–Crippen MR) is 74.9 cm³/mol. The maximum absolute atomic E-state index is 12.0. The van der Waals surface area contributed by atoms with Crippen molar-refractivity contribution in [2.24, 2.45) is 10.8 Å². The van der Waals surface area contributed by atoms with Crippen LogP contribution in [0.25, 0.3) is 0 Å². The lowest BCUT2D eigenvalue weighted by molar-refractivity contribution is -0.154. The average Bonchev–Trinajstić information content (AvgIpc) is 2.37. The van der Waals surface area contributed by atoms with E-state index in [0.717, 1.165) is 25.7 Å². The Hall–Kier alpha value is -1.06. The number of amides is 1. The Morgan fingerprint density at radius 2 is 1.79 bits per heavy atom. The third kappa shape index (κ3) is 4.51. The second kappa shape index (κ2) is 6.40. The van der Waals surface area contributed by atoms with Gasteiger partial charge in [-0.3, -0.25) is 9.59 Å². The zero-order valence-electron chi connectivity index (χ0n) is 12.4. The molecule has 0 aromatic rings. The van der Waals surface area contributed by atoms with Crippen molar-refractivity contribution < 1.29 is 14.7 Å². The van der Waals surface area contributed by atoms with Crippen LogP contribution in [-0.4, -0.2) is 23.5 Å². The van der Waals surface area contributed by atoms with Gasteiger partial charge in [-0.15, -0.1) is 0 Å². The number of rotatable bonds is 6. The van der Waals surface area contributed by atoms with Crippen LogP contribution < -0.4 is 5.32 Å². The van der Waals surface area contributed by atoms with E-state index in [1.165, 1.54) is 0 Å². The molecule has 0 aromatic heterocycles. The topological polar surface area (TPSA) is 66.4 Å². The van der Waals surface area contributed by atoms with Gasteiger partial charge in [-0.2, -0.15) is 0 Å². The van der Waals surface area contributed by atoms with E-state index in [2.05, 4.69) is 26.1 Å². The molecule has 4 heteroatoms. The molecule has 0 radical (unpaired) electrons. The normalized spacial score (nSPS) is 18.9. The number of aliphatic carboxylic acids is 1. The maximum atomic E-state index is 12.0. The summed E-state index contributed by atoms with van der Waals surface area (Å²) in [5.41, 5.74) is -0.753. The summed E-state index contributed by atoms with van der Waals surface area (Å²) in [5, 5.41) is 12.3. The molecule has 0 bridgehead atoms. The summed E-state index contributed by atoms with van der Waals surface area (Å²) >= 11 is 0. The first-order valence-corrected chi connectivity index (χ1v) is 7.31. The second-order valence-corrected chi connectivity index (χ2v) is 6.62. The highest BCUT2D eigenvalue weighted by atomic mass is 16.4. The van der Waals surface area contributed by atoms with Crippen molar-refractivity contribution in [2.45, 2.75) is 65.7 Å². The van der Waals surface area contributed by atoms with Crippen molar-refractivity contribution in [3.05, 3.63) is 0 Å². The maximum Gasteiger partial charge on any atom is 0.310 e. The molecule has 0 unspecified atom stereocenters. The summed E-state index contributed by atoms with van der Waals surface area (Å²) in [6, 6.07) is 0. The van der Waals surface area contributed by atoms with Crippen LogP contribution in [0.15, 0.2) is 0 Å². The first kappa shape index (κ1) is 16.0. The van der Waals surface area contributed by atoms with E-state index in [0.29, 0.717) is 19.4 Å². The smallest absolute Gasteiger partial charge is 0.310 e. The van der Waals surface area contributed by atoms with Gasteiger partial charge < -0.3 is 10.4 Å². The minimum absolute atomic E-state index is 0.0681. The molecule has 1 saturated carbocycles. The van der Waals surface area contributed by atoms with E-state index in [1.807, 2.05) is 0 Å². The molecule has 19 heavy (non-hydrogen) atoms. The molecule has 1 amide bonds. The lowest BCUT2D eigenvalue weighted by Crippen LogP contribution is -2.41. The number of carbonyl (C=O) groups is 2. The van der Waals surface area contributed by atoms with Crippen molar-refractivity contribution >= 4 is 11.9 Å². The predicted octanol–water partition coefficient (Wildman–Crippen LogP) is 2.96. The summed E-state index contributed by atoms with van der Waals surface area (Å²) in [6.07, 6.45) is 5.29. The average molecular weight is 269 g/mol. The molecule has 0 atom stereocenters. The first-order chi connectivity index (χ1) is 8.81. The molecule has 110 valence electrons. The number of carboxylic acids is 1. The van der Waals surface area contributed by atoms with Gasteiger partial charge in [0.2, 0.25) is 5.91 Å². The molecule has 1 fully saturated rings. The van der Waals surface area contributed by atoms with Crippen LogP contribution in [0, 0.1) is 10.8 Å². The Kier molecular flexibility index (Phi) is 5.39. The molecular formula is C15H27NO3. The highest BCUT2D eigenvalue weighted by molar-refractivity contribution is 5.85. The Morgan fingerprint density at radius 3 is 2.26 bits per heavy atom. The summed E-state index contributed by atoms with van der Waals surface area (Å²) in [5.74, 6) is -0.928. The van der Waals surface area contributed by atoms with E-state index < -0.39 is 11.4 Å². The van der Waals surface area contributed by atoms with Gasteiger partial charge in [0.25, 0.3) is 0 Å². The molecule has 0 spiro atoms. The number of carbonyl (C=O) groups excluding carboxylic acids is 1. The van der Waals surface area contributed by atoms with Gasteiger partial charge in [-0.25, -0.2) is 0 Å². The lowest BCUT2D eigenvalue weighted by Gasteiger charge is -2.33. The molecule has 0 aromatic carbocycles. The minimum atomic E-state index is -0.821. The third-order valence-electron chi connectivity index (χ3n) is 4.48. The first-order valence-electron chi connectivity index (χ1n) is 7.31. The van der Waals surface area contributed by atoms with Gasteiger partial charge in [0.1, 0.15) is 0 Å². The largest absolute Gasteiger partial charge is 0.481 e. The Labute approximate surface area is 116 Å². The van der Waals surface area contributed by atoms with E-state index in [1.54, 1.807) is 0 Å². The van der Waals surface area contributed by atoms with Crippen LogP contribution in [0.4, 0.5) is 0 Å². The molecule has 1 rings (SSSR count). The van der Waals surface area contributed by atoms with Crippen LogP contribution >= 0.6 is 0 Å². The van der Waals surface area contributed by atoms with Crippen LogP contribution in [0.2, 0.25) is 0 Å². The number of hydrogen-bond acceptors (Lipinski definition) is 2. The number of hydrogen-bond donors (Lipinski definition) is 2. The molecular weight excluding hydrogens is 242 g/mol. The second-order valence-electron chi connectivity index (χ2n) is 6.62. The van der Waals surface area contributed by atoms with Crippen LogP contribution in [-0.2, 0) is 9.59 Å². The van der Waals surface area contributed by atoms with E-state index in [9.17, 15) is 14.7 Å². The molecule has 0 aliphatic heterocycles. The standard InChI is InChI=1S/C15H27NO3/c1-4-14(2,3)11-16-12(17)10-15(13(18)19)8-6-5-7-9-15/h4-11H2,1-3H3,(H,16,17)(H,18,19). The monoisotopic (exact) mass is 269 g/mol. The molecule has 0 saturated heterocycles. The lowest BCUT2D eigenvalue weighted by atomic mass is 9.71. The van der Waals surface area contributed by atoms with E-state index in [4.69, 9.17) is 0 Å². The summed E-state index contributed by atoms with van der Waals surface area (Å²) in [6.45, 7) is 6.89. The SMILES string of the molecule is CCC(C)(C)CNC(=O)CC1(C(=O)O)CCCCC1. The Balaban J connectivity index is 2.55. The van der Waals surface area contributed by atoms with Crippen molar-refractivity contribution in [3.63, 3.8) is 0 Å². The summed E-state index contributed by atoms with van der Waals surface area (Å²) in [7, 11) is 0. The highest BCUT2D eigenvalue weighted by Crippen LogP contribution is 2.39. The van der Waals surface area contributed by atoms with Crippen LogP contribution in [0.1, 0.15) is 65.7 Å². The summed E-state index contributed by atoms with van der Waals surface area (Å²) in [4.78, 5) is 23.5. The zero-order chi connectivity index (χ0) is 14.5. The van der Waals surface area contributed by atoms with Gasteiger partial charge in [-0.05, 0) is 24.7 Å². The number of nitrogens with one attached hydrogen (secondary N) is 1. The summed E-state index contributed by atoms with van der Waals surface area (Å²) < 4.78 is 0. The highest BCUT2D eigenvalue weighted by Gasteiger charge is 2.41. The van der Waals surface area contributed by atoms with Crippen LogP contribution in [0.3, 0.4) is 0 Å². The molecule has 1 aliphatic carbocycles. The Bertz CT molecular complexity index is 330. The fourth-order valence-electron chi connectivity index (χ4n) is 2.53. The van der Waals surface area contributed by atoms with Crippen molar-refractivity contribution in [2.75, 3.05) is 6.54 Å². The van der Waals surface area contributed by atoms with Gasteiger partial charge in [0.15, 0.2) is 0 Å². The van der Waals surface area contributed by atoms with Crippen LogP contribution in [0.5, 0.6) is 0 Å². The Morgan fingerprint density at radius 1 is 1.21 bits per heavy atom. The fraction of sp³-hybridized carbons (Fsp3) is 0.867. The zero-order valence-corrected chi connectivity index (χ0v) is 12.4. The van der Waals surface area contributed by atoms with E-state index >= 15 is 0 Å². The quantitative estimate of drug-likeness (QED) is 0.779. The van der Waals surface area contributed by atoms with E-state index in [-0.39, 0.29) is 17.7 Å². The van der Waals surface area contributed by atoms with Crippen molar-refractivity contribution in [3.8, 4) is 0 Å². The molecule has 1 aliphatic rings. The minimum Gasteiger partial charge on any atom is -0.481 e.